The number of nitrogens with zero attached hydrogens (tertiary/aromatic N) is 4. The Kier molecular flexibility index (Phi) is 5.50. The lowest BCUT2D eigenvalue weighted by Gasteiger charge is -2.23. The molecule has 3 heterocycles. The average Bonchev–Trinajstić information content (AvgIpc) is 3.13. The molecule has 1 aromatic carbocycles. The Morgan fingerprint density at radius 1 is 1.07 bits per heavy atom. The van der Waals surface area contributed by atoms with Gasteiger partial charge in [-0.05, 0) is 60.3 Å². The lowest BCUT2D eigenvalue weighted by atomic mass is 10.1. The molecule has 0 fully saturated rings. The van der Waals surface area contributed by atoms with E-state index in [-0.39, 0.29) is 11.1 Å². The minimum absolute atomic E-state index is 0.234. The number of hydrogen-bond acceptors (Lipinski definition) is 5. The van der Waals surface area contributed by atoms with E-state index in [2.05, 4.69) is 26.8 Å². The quantitative estimate of drug-likeness (QED) is 0.386. The molecule has 7 heteroatoms. The smallest absolute Gasteiger partial charge is 0.225 e. The lowest BCUT2D eigenvalue weighted by molar-refractivity contribution is 0.628. The van der Waals surface area contributed by atoms with Gasteiger partial charge < -0.3 is 4.90 Å². The van der Waals surface area contributed by atoms with Crippen LogP contribution in [0.4, 0.5) is 10.2 Å². The van der Waals surface area contributed by atoms with Crippen molar-refractivity contribution in [3.05, 3.63) is 70.8 Å². The van der Waals surface area contributed by atoms with Crippen LogP contribution in [0, 0.1) is 5.82 Å². The number of anilines is 1. The van der Waals surface area contributed by atoms with Crippen LogP contribution in [0.25, 0.3) is 21.3 Å². The van der Waals surface area contributed by atoms with Crippen LogP contribution < -0.4 is 4.90 Å². The van der Waals surface area contributed by atoms with Crippen molar-refractivity contribution >= 4 is 39.0 Å². The van der Waals surface area contributed by atoms with Crippen molar-refractivity contribution in [3.63, 3.8) is 0 Å². The van der Waals surface area contributed by atoms with Crippen molar-refractivity contribution in [3.8, 4) is 11.1 Å². The van der Waals surface area contributed by atoms with Crippen LogP contribution in [0.5, 0.6) is 0 Å². The van der Waals surface area contributed by atoms with Gasteiger partial charge in [0.2, 0.25) is 5.28 Å². The van der Waals surface area contributed by atoms with Gasteiger partial charge in [0.05, 0.1) is 5.39 Å². The van der Waals surface area contributed by atoms with E-state index in [1.807, 2.05) is 17.5 Å². The third-order valence-electron chi connectivity index (χ3n) is 4.64. The Balaban J connectivity index is 1.75. The number of rotatable bonds is 6. The molecule has 0 unspecified atom stereocenters. The summed E-state index contributed by atoms with van der Waals surface area (Å²) in [6.07, 6.45) is 4.48. The van der Waals surface area contributed by atoms with E-state index in [1.165, 1.54) is 29.0 Å². The molecule has 0 atom stereocenters. The van der Waals surface area contributed by atoms with Gasteiger partial charge in [-0.2, -0.15) is 4.98 Å². The molecule has 0 spiro atoms. The van der Waals surface area contributed by atoms with Crippen molar-refractivity contribution in [2.45, 2.75) is 13.3 Å². The Morgan fingerprint density at radius 2 is 1.82 bits per heavy atom. The van der Waals surface area contributed by atoms with Gasteiger partial charge in [-0.3, -0.25) is 4.98 Å². The number of halogens is 2. The van der Waals surface area contributed by atoms with Gasteiger partial charge in [0.15, 0.2) is 0 Å². The first-order valence-electron chi connectivity index (χ1n) is 9.00. The Bertz CT molecular complexity index is 1080. The molecule has 4 nitrogen and oxygen atoms in total. The molecule has 0 saturated heterocycles. The average molecular weight is 413 g/mol. The highest BCUT2D eigenvalue weighted by Crippen LogP contribution is 2.39. The van der Waals surface area contributed by atoms with Crippen LogP contribution >= 0.6 is 22.9 Å². The molecule has 0 N–H and O–H groups in total. The Labute approximate surface area is 171 Å². The zero-order valence-corrected chi connectivity index (χ0v) is 16.8. The molecular weight excluding hydrogens is 395 g/mol. The second kappa shape index (κ2) is 8.20. The molecule has 0 aliphatic carbocycles. The van der Waals surface area contributed by atoms with Crippen molar-refractivity contribution in [1.29, 1.82) is 0 Å². The maximum Gasteiger partial charge on any atom is 0.225 e. The highest BCUT2D eigenvalue weighted by molar-refractivity contribution is 7.17. The second-order valence-corrected chi connectivity index (χ2v) is 7.53. The molecule has 0 aliphatic rings. The Morgan fingerprint density at radius 3 is 2.54 bits per heavy atom. The molecule has 0 radical (unpaired) electrons. The molecular formula is C21H18ClFN4S. The molecule has 0 amide bonds. The maximum absolute atomic E-state index is 13.4. The predicted molar refractivity (Wildman–Crippen MR) is 114 cm³/mol. The molecule has 0 saturated carbocycles. The predicted octanol–water partition coefficient (Wildman–Crippen LogP) is 5.61. The largest absolute Gasteiger partial charge is 0.356 e. The fourth-order valence-electron chi connectivity index (χ4n) is 3.20. The summed E-state index contributed by atoms with van der Waals surface area (Å²) in [5.41, 5.74) is 3.15. The molecule has 0 aliphatic heterocycles. The van der Waals surface area contributed by atoms with E-state index in [0.29, 0.717) is 0 Å². The van der Waals surface area contributed by atoms with Crippen molar-refractivity contribution in [2.75, 3.05) is 18.0 Å². The first-order valence-corrected chi connectivity index (χ1v) is 10.3. The summed E-state index contributed by atoms with van der Waals surface area (Å²) in [7, 11) is 0. The number of pyridine rings is 1. The number of fused-ring (bicyclic) bond motifs is 1. The molecule has 4 rings (SSSR count). The minimum atomic E-state index is -0.254. The van der Waals surface area contributed by atoms with Crippen LogP contribution in [0.1, 0.15) is 12.5 Å². The summed E-state index contributed by atoms with van der Waals surface area (Å²) < 4.78 is 13.4. The van der Waals surface area contributed by atoms with Gasteiger partial charge in [-0.15, -0.1) is 11.3 Å². The van der Waals surface area contributed by atoms with Crippen molar-refractivity contribution < 1.29 is 4.39 Å². The SMILES string of the molecule is CCN(CCc1ccncc1)c1nc(Cl)nc2scc(-c3ccc(F)cc3)c12. The number of benzene rings is 1. The van der Waals surface area contributed by atoms with Gasteiger partial charge in [0, 0.05) is 36.4 Å². The van der Waals surface area contributed by atoms with Crippen molar-refractivity contribution in [1.82, 2.24) is 15.0 Å². The topological polar surface area (TPSA) is 41.9 Å². The summed E-state index contributed by atoms with van der Waals surface area (Å²) in [5.74, 6) is 0.558. The van der Waals surface area contributed by atoms with E-state index < -0.39 is 0 Å². The van der Waals surface area contributed by atoms with Crippen LogP contribution in [-0.2, 0) is 6.42 Å². The van der Waals surface area contributed by atoms with Gasteiger partial charge in [0.1, 0.15) is 16.5 Å². The summed E-state index contributed by atoms with van der Waals surface area (Å²) in [6.45, 7) is 3.67. The maximum atomic E-state index is 13.4. The van der Waals surface area contributed by atoms with E-state index >= 15 is 0 Å². The lowest BCUT2D eigenvalue weighted by Crippen LogP contribution is -2.26. The summed E-state index contributed by atoms with van der Waals surface area (Å²) in [5, 5.41) is 3.22. The van der Waals surface area contributed by atoms with E-state index in [0.717, 1.165) is 46.7 Å². The number of hydrogen-bond donors (Lipinski definition) is 0. The molecule has 0 bridgehead atoms. The number of likely N-dealkylation sites (N-methyl/N-ethyl adjacent to an activating group) is 1. The zero-order chi connectivity index (χ0) is 19.5. The summed E-state index contributed by atoms with van der Waals surface area (Å²) in [4.78, 5) is 16.1. The van der Waals surface area contributed by atoms with Crippen LogP contribution in [0.15, 0.2) is 54.2 Å². The molecule has 142 valence electrons. The standard InChI is InChI=1S/C21H18ClFN4S/c1-2-27(12-9-14-7-10-24-11-8-14)19-18-17(15-3-5-16(23)6-4-15)13-28-20(18)26-21(22)25-19/h3-8,10-11,13H,2,9,12H2,1H3. The second-order valence-electron chi connectivity index (χ2n) is 6.34. The molecule has 28 heavy (non-hydrogen) atoms. The van der Waals surface area contributed by atoms with Crippen LogP contribution in [0.3, 0.4) is 0 Å². The first kappa shape index (κ1) is 18.8. The van der Waals surface area contributed by atoms with Gasteiger partial charge in [-0.25, -0.2) is 9.37 Å². The summed E-state index contributed by atoms with van der Waals surface area (Å²) in [6, 6.07) is 10.5. The molecule has 3 aromatic heterocycles. The number of thiophene rings is 1. The Hall–Kier alpha value is -2.57. The van der Waals surface area contributed by atoms with Gasteiger partial charge >= 0.3 is 0 Å². The zero-order valence-electron chi connectivity index (χ0n) is 15.3. The minimum Gasteiger partial charge on any atom is -0.356 e. The fourth-order valence-corrected chi connectivity index (χ4v) is 4.35. The highest BCUT2D eigenvalue weighted by Gasteiger charge is 2.19. The van der Waals surface area contributed by atoms with E-state index in [4.69, 9.17) is 11.6 Å². The third kappa shape index (κ3) is 3.84. The van der Waals surface area contributed by atoms with Crippen LogP contribution in [0.2, 0.25) is 5.28 Å². The normalized spacial score (nSPS) is 11.1. The van der Waals surface area contributed by atoms with E-state index in [1.54, 1.807) is 24.5 Å². The third-order valence-corrected chi connectivity index (χ3v) is 5.68. The number of aromatic nitrogens is 3. The van der Waals surface area contributed by atoms with E-state index in [9.17, 15) is 4.39 Å². The summed E-state index contributed by atoms with van der Waals surface area (Å²) >= 11 is 7.74. The van der Waals surface area contributed by atoms with Gasteiger partial charge in [-0.1, -0.05) is 12.1 Å². The van der Waals surface area contributed by atoms with Crippen LogP contribution in [-0.4, -0.2) is 28.0 Å². The van der Waals surface area contributed by atoms with Crippen molar-refractivity contribution in [2.24, 2.45) is 0 Å². The molecule has 4 aromatic rings. The first-order chi connectivity index (χ1) is 13.7. The monoisotopic (exact) mass is 412 g/mol. The highest BCUT2D eigenvalue weighted by atomic mass is 35.5. The fraction of sp³-hybridized carbons (Fsp3) is 0.190. The van der Waals surface area contributed by atoms with Gasteiger partial charge in [0.25, 0.3) is 0 Å².